The lowest BCUT2D eigenvalue weighted by Crippen LogP contribution is -2.30. The lowest BCUT2D eigenvalue weighted by molar-refractivity contribution is -0.123. The lowest BCUT2D eigenvalue weighted by Gasteiger charge is -2.14. The van der Waals surface area contributed by atoms with E-state index in [0.717, 1.165) is 16.5 Å². The molecule has 1 amide bonds. The topological polar surface area (TPSA) is 86.1 Å². The quantitative estimate of drug-likeness (QED) is 0.513. The minimum absolute atomic E-state index is 0.0728. The summed E-state index contributed by atoms with van der Waals surface area (Å²) in [6.45, 7) is 3.19. The highest BCUT2D eigenvalue weighted by molar-refractivity contribution is 6.04. The highest BCUT2D eigenvalue weighted by Gasteiger charge is 2.24. The molecule has 0 fully saturated rings. The van der Waals surface area contributed by atoms with E-state index in [0.29, 0.717) is 11.4 Å². The molecular formula is C23H20N4O3. The monoisotopic (exact) mass is 400 g/mol. The predicted molar refractivity (Wildman–Crippen MR) is 114 cm³/mol. The van der Waals surface area contributed by atoms with Crippen molar-refractivity contribution in [2.45, 2.75) is 20.0 Å². The van der Waals surface area contributed by atoms with Crippen molar-refractivity contribution in [3.63, 3.8) is 0 Å². The standard InChI is InChI=1S/C23H20N4O3/c1-15-21(26-27(25-15)18-11-4-3-5-12-18)23(29)30-16(2)22(28)24-20-14-8-10-17-9-6-7-13-19(17)20/h3-14,16H,1-2H3,(H,24,28). The summed E-state index contributed by atoms with van der Waals surface area (Å²) in [5.41, 5.74) is 1.88. The Labute approximate surface area is 173 Å². The van der Waals surface area contributed by atoms with Crippen molar-refractivity contribution >= 4 is 28.3 Å². The molecule has 3 aromatic carbocycles. The number of hydrogen-bond acceptors (Lipinski definition) is 5. The summed E-state index contributed by atoms with van der Waals surface area (Å²) in [6.07, 6.45) is -1.00. The lowest BCUT2D eigenvalue weighted by atomic mass is 10.1. The first-order valence-electron chi connectivity index (χ1n) is 9.52. The zero-order chi connectivity index (χ0) is 21.1. The number of esters is 1. The number of ether oxygens (including phenoxy) is 1. The molecule has 150 valence electrons. The summed E-state index contributed by atoms with van der Waals surface area (Å²) in [6, 6.07) is 22.6. The fourth-order valence-electron chi connectivity index (χ4n) is 3.08. The normalized spacial score (nSPS) is 11.8. The van der Waals surface area contributed by atoms with E-state index in [-0.39, 0.29) is 5.69 Å². The van der Waals surface area contributed by atoms with Gasteiger partial charge in [0.05, 0.1) is 11.4 Å². The second kappa shape index (κ2) is 8.16. The molecule has 7 heteroatoms. The number of hydrogen-bond donors (Lipinski definition) is 1. The number of carbonyl (C=O) groups excluding carboxylic acids is 2. The number of rotatable bonds is 5. The molecule has 0 aliphatic rings. The molecule has 1 heterocycles. The Bertz CT molecular complexity index is 1210. The van der Waals surface area contributed by atoms with Crippen LogP contribution in [0.5, 0.6) is 0 Å². The number of aryl methyl sites for hydroxylation is 1. The number of aromatic nitrogens is 3. The van der Waals surface area contributed by atoms with Crippen molar-refractivity contribution in [2.24, 2.45) is 0 Å². The molecule has 0 bridgehead atoms. The van der Waals surface area contributed by atoms with Gasteiger partial charge in [0, 0.05) is 11.1 Å². The van der Waals surface area contributed by atoms with Gasteiger partial charge in [-0.05, 0) is 37.4 Å². The maximum atomic E-state index is 12.6. The molecule has 1 aromatic heterocycles. The Morgan fingerprint density at radius 2 is 1.63 bits per heavy atom. The molecule has 30 heavy (non-hydrogen) atoms. The third-order valence-corrected chi connectivity index (χ3v) is 4.66. The van der Waals surface area contributed by atoms with Crippen molar-refractivity contribution in [1.29, 1.82) is 0 Å². The first-order valence-corrected chi connectivity index (χ1v) is 9.52. The SMILES string of the molecule is Cc1nn(-c2ccccc2)nc1C(=O)OC(C)C(=O)Nc1cccc2ccccc12. The van der Waals surface area contributed by atoms with Crippen LogP contribution in [0.4, 0.5) is 5.69 Å². The van der Waals surface area contributed by atoms with Crippen LogP contribution in [0, 0.1) is 6.92 Å². The van der Waals surface area contributed by atoms with Crippen molar-refractivity contribution in [2.75, 3.05) is 5.32 Å². The molecule has 1 atom stereocenters. The molecule has 0 saturated heterocycles. The molecule has 0 radical (unpaired) electrons. The Hall–Kier alpha value is -4.00. The van der Waals surface area contributed by atoms with Gasteiger partial charge in [-0.1, -0.05) is 54.6 Å². The van der Waals surface area contributed by atoms with E-state index in [4.69, 9.17) is 4.74 Å². The number of benzene rings is 3. The maximum absolute atomic E-state index is 12.6. The molecule has 4 rings (SSSR count). The summed E-state index contributed by atoms with van der Waals surface area (Å²) in [4.78, 5) is 26.5. The fraction of sp³-hybridized carbons (Fsp3) is 0.130. The van der Waals surface area contributed by atoms with Crippen LogP contribution < -0.4 is 5.32 Å². The Balaban J connectivity index is 1.47. The van der Waals surface area contributed by atoms with Crippen LogP contribution in [0.15, 0.2) is 72.8 Å². The van der Waals surface area contributed by atoms with Gasteiger partial charge in [0.2, 0.25) is 0 Å². The smallest absolute Gasteiger partial charge is 0.361 e. The minimum Gasteiger partial charge on any atom is -0.448 e. The molecule has 1 unspecified atom stereocenters. The van der Waals surface area contributed by atoms with E-state index < -0.39 is 18.0 Å². The number of anilines is 1. The molecule has 0 aliphatic heterocycles. The molecule has 1 N–H and O–H groups in total. The van der Waals surface area contributed by atoms with E-state index in [1.807, 2.05) is 72.8 Å². The van der Waals surface area contributed by atoms with Crippen LogP contribution >= 0.6 is 0 Å². The van der Waals surface area contributed by atoms with Gasteiger partial charge in [-0.3, -0.25) is 4.79 Å². The molecular weight excluding hydrogens is 380 g/mol. The van der Waals surface area contributed by atoms with Crippen LogP contribution in [0.2, 0.25) is 0 Å². The van der Waals surface area contributed by atoms with Crippen LogP contribution in [0.25, 0.3) is 16.5 Å². The molecule has 0 saturated carbocycles. The third kappa shape index (κ3) is 3.91. The fourth-order valence-corrected chi connectivity index (χ4v) is 3.08. The van der Waals surface area contributed by atoms with Gasteiger partial charge in [0.15, 0.2) is 11.8 Å². The first-order chi connectivity index (χ1) is 14.5. The Morgan fingerprint density at radius 1 is 0.933 bits per heavy atom. The average Bonchev–Trinajstić information content (AvgIpc) is 3.16. The van der Waals surface area contributed by atoms with E-state index >= 15 is 0 Å². The van der Waals surface area contributed by atoms with Gasteiger partial charge >= 0.3 is 5.97 Å². The van der Waals surface area contributed by atoms with E-state index in [9.17, 15) is 9.59 Å². The van der Waals surface area contributed by atoms with Crippen molar-refractivity contribution in [1.82, 2.24) is 15.0 Å². The number of amides is 1. The summed E-state index contributed by atoms with van der Waals surface area (Å²) in [5, 5.41) is 13.2. The average molecular weight is 400 g/mol. The van der Waals surface area contributed by atoms with Crippen molar-refractivity contribution < 1.29 is 14.3 Å². The first kappa shape index (κ1) is 19.3. The van der Waals surface area contributed by atoms with Gasteiger partial charge in [-0.15, -0.1) is 5.10 Å². The zero-order valence-corrected chi connectivity index (χ0v) is 16.6. The summed E-state index contributed by atoms with van der Waals surface area (Å²) >= 11 is 0. The van der Waals surface area contributed by atoms with Crippen LogP contribution in [0.1, 0.15) is 23.1 Å². The van der Waals surface area contributed by atoms with Crippen LogP contribution in [-0.2, 0) is 9.53 Å². The second-order valence-corrected chi connectivity index (χ2v) is 6.82. The zero-order valence-electron chi connectivity index (χ0n) is 16.6. The van der Waals surface area contributed by atoms with Gasteiger partial charge in [0.1, 0.15) is 0 Å². The second-order valence-electron chi connectivity index (χ2n) is 6.82. The molecule has 0 aliphatic carbocycles. The number of fused-ring (bicyclic) bond motifs is 1. The largest absolute Gasteiger partial charge is 0.448 e. The van der Waals surface area contributed by atoms with Gasteiger partial charge in [0.25, 0.3) is 5.91 Å². The number of para-hydroxylation sites is 1. The summed E-state index contributed by atoms with van der Waals surface area (Å²) in [7, 11) is 0. The van der Waals surface area contributed by atoms with Crippen LogP contribution in [0.3, 0.4) is 0 Å². The third-order valence-electron chi connectivity index (χ3n) is 4.66. The van der Waals surface area contributed by atoms with E-state index in [1.54, 1.807) is 6.92 Å². The summed E-state index contributed by atoms with van der Waals surface area (Å²) in [5.74, 6) is -1.12. The Kier molecular flexibility index (Phi) is 5.26. The predicted octanol–water partition coefficient (Wildman–Crippen LogP) is 3.91. The maximum Gasteiger partial charge on any atom is 0.361 e. The van der Waals surface area contributed by atoms with Crippen molar-refractivity contribution in [3.05, 3.63) is 84.2 Å². The summed E-state index contributed by atoms with van der Waals surface area (Å²) < 4.78 is 5.35. The van der Waals surface area contributed by atoms with E-state index in [1.165, 1.54) is 11.7 Å². The highest BCUT2D eigenvalue weighted by atomic mass is 16.5. The van der Waals surface area contributed by atoms with Crippen LogP contribution in [-0.4, -0.2) is 33.0 Å². The number of nitrogens with zero attached hydrogens (tertiary/aromatic N) is 3. The van der Waals surface area contributed by atoms with Crippen molar-refractivity contribution in [3.8, 4) is 5.69 Å². The highest BCUT2D eigenvalue weighted by Crippen LogP contribution is 2.23. The van der Waals surface area contributed by atoms with Gasteiger partial charge in [-0.25, -0.2) is 4.79 Å². The molecule has 7 nitrogen and oxygen atoms in total. The van der Waals surface area contributed by atoms with Gasteiger partial charge < -0.3 is 10.1 Å². The Morgan fingerprint density at radius 3 is 2.43 bits per heavy atom. The number of carbonyl (C=O) groups is 2. The molecule has 0 spiro atoms. The number of nitrogens with one attached hydrogen (secondary N) is 1. The van der Waals surface area contributed by atoms with Gasteiger partial charge in [-0.2, -0.15) is 9.90 Å². The molecule has 4 aromatic rings. The minimum atomic E-state index is -1.00. The van der Waals surface area contributed by atoms with E-state index in [2.05, 4.69) is 15.5 Å².